The molecule has 0 unspecified atom stereocenters. The first-order valence-electron chi connectivity index (χ1n) is 3.84. The normalized spacial score (nSPS) is 12.5. The third kappa shape index (κ3) is 5.62. The molecule has 0 bridgehead atoms. The molecule has 0 aliphatic carbocycles. The largest absolute Gasteiger partial charge is 0.316 e. The molecule has 0 radical (unpaired) electrons. The highest BCUT2D eigenvalue weighted by Gasteiger charge is 1.86. The Balaban J connectivity index is 3.96. The van der Waals surface area contributed by atoms with Crippen molar-refractivity contribution >= 4 is 0 Å². The van der Waals surface area contributed by atoms with Gasteiger partial charge >= 0.3 is 0 Å². The number of allylic oxidation sites excluding steroid dienone is 3. The highest BCUT2D eigenvalue weighted by molar-refractivity contribution is 5.27. The fourth-order valence-electron chi connectivity index (χ4n) is 0.911. The SMILES string of the molecule is C=C(/C=C(C)\C=C/C)CNC. The van der Waals surface area contributed by atoms with Crippen LogP contribution in [0.15, 0.2) is 36.0 Å². The number of rotatable bonds is 4. The topological polar surface area (TPSA) is 12.0 Å². The zero-order valence-electron chi connectivity index (χ0n) is 7.65. The molecule has 0 heterocycles. The molecule has 0 aromatic rings. The van der Waals surface area contributed by atoms with Gasteiger partial charge in [-0.25, -0.2) is 0 Å². The predicted molar refractivity (Wildman–Crippen MR) is 51.6 cm³/mol. The zero-order valence-corrected chi connectivity index (χ0v) is 7.65. The first kappa shape index (κ1) is 10.2. The van der Waals surface area contributed by atoms with Crippen LogP contribution in [0.2, 0.25) is 0 Å². The van der Waals surface area contributed by atoms with E-state index in [2.05, 4.69) is 31.0 Å². The van der Waals surface area contributed by atoms with E-state index >= 15 is 0 Å². The Kier molecular flexibility index (Phi) is 5.49. The fourth-order valence-corrected chi connectivity index (χ4v) is 0.911. The molecular formula is C10H17N. The summed E-state index contributed by atoms with van der Waals surface area (Å²) in [5.74, 6) is 0. The minimum Gasteiger partial charge on any atom is -0.316 e. The maximum Gasteiger partial charge on any atom is 0.0196 e. The standard InChI is InChI=1S/C10H17N/c1-5-6-9(2)7-10(3)8-11-4/h5-7,11H,3,8H2,1-2,4H3/b6-5-,9-7-. The van der Waals surface area contributed by atoms with Crippen LogP contribution in [-0.4, -0.2) is 13.6 Å². The molecule has 11 heavy (non-hydrogen) atoms. The van der Waals surface area contributed by atoms with Gasteiger partial charge < -0.3 is 5.32 Å². The van der Waals surface area contributed by atoms with Crippen molar-refractivity contribution in [2.45, 2.75) is 13.8 Å². The molecule has 0 aliphatic heterocycles. The summed E-state index contributed by atoms with van der Waals surface area (Å²) < 4.78 is 0. The van der Waals surface area contributed by atoms with E-state index in [1.165, 1.54) is 5.57 Å². The summed E-state index contributed by atoms with van der Waals surface area (Å²) in [5.41, 5.74) is 2.36. The highest BCUT2D eigenvalue weighted by atomic mass is 14.8. The lowest BCUT2D eigenvalue weighted by Gasteiger charge is -1.98. The van der Waals surface area contributed by atoms with Crippen LogP contribution >= 0.6 is 0 Å². The summed E-state index contributed by atoms with van der Waals surface area (Å²) >= 11 is 0. The van der Waals surface area contributed by atoms with Gasteiger partial charge in [0.25, 0.3) is 0 Å². The molecule has 0 spiro atoms. The molecule has 0 saturated carbocycles. The van der Waals surface area contributed by atoms with Gasteiger partial charge in [0.2, 0.25) is 0 Å². The van der Waals surface area contributed by atoms with E-state index in [9.17, 15) is 0 Å². The number of hydrogen-bond acceptors (Lipinski definition) is 1. The van der Waals surface area contributed by atoms with Crippen LogP contribution in [0.4, 0.5) is 0 Å². The Morgan fingerprint density at radius 1 is 1.55 bits per heavy atom. The van der Waals surface area contributed by atoms with Gasteiger partial charge in [-0.3, -0.25) is 0 Å². The van der Waals surface area contributed by atoms with Gasteiger partial charge in [-0.1, -0.05) is 30.4 Å². The lowest BCUT2D eigenvalue weighted by Crippen LogP contribution is -2.08. The van der Waals surface area contributed by atoms with Crippen molar-refractivity contribution in [1.82, 2.24) is 5.32 Å². The van der Waals surface area contributed by atoms with Gasteiger partial charge in [-0.2, -0.15) is 0 Å². The first-order chi connectivity index (χ1) is 5.20. The van der Waals surface area contributed by atoms with E-state index in [0.29, 0.717) is 0 Å². The molecule has 0 saturated heterocycles. The minimum absolute atomic E-state index is 0.856. The summed E-state index contributed by atoms with van der Waals surface area (Å²) in [7, 11) is 1.92. The molecule has 62 valence electrons. The van der Waals surface area contributed by atoms with Gasteiger partial charge in [-0.05, 0) is 26.5 Å². The van der Waals surface area contributed by atoms with E-state index in [-0.39, 0.29) is 0 Å². The molecule has 1 N–H and O–H groups in total. The molecule has 0 aromatic carbocycles. The Hall–Kier alpha value is -0.820. The molecular weight excluding hydrogens is 134 g/mol. The Morgan fingerprint density at radius 2 is 2.18 bits per heavy atom. The summed E-state index contributed by atoms with van der Waals surface area (Å²) in [6, 6.07) is 0. The molecule has 0 amide bonds. The van der Waals surface area contributed by atoms with Crippen LogP contribution in [0, 0.1) is 0 Å². The lowest BCUT2D eigenvalue weighted by molar-refractivity contribution is 0.897. The van der Waals surface area contributed by atoms with Crippen LogP contribution in [0.25, 0.3) is 0 Å². The molecule has 0 rings (SSSR count). The average molecular weight is 151 g/mol. The lowest BCUT2D eigenvalue weighted by atomic mass is 10.2. The Bertz CT molecular complexity index is 175. The fraction of sp³-hybridized carbons (Fsp3) is 0.400. The predicted octanol–water partition coefficient (Wildman–Crippen LogP) is 2.28. The molecule has 1 heteroatoms. The van der Waals surface area contributed by atoms with E-state index in [4.69, 9.17) is 0 Å². The van der Waals surface area contributed by atoms with Crippen molar-refractivity contribution in [3.05, 3.63) is 36.0 Å². The maximum absolute atomic E-state index is 3.89. The van der Waals surface area contributed by atoms with Crippen molar-refractivity contribution < 1.29 is 0 Å². The third-order valence-electron chi connectivity index (χ3n) is 1.27. The zero-order chi connectivity index (χ0) is 8.69. The molecule has 0 aromatic heterocycles. The van der Waals surface area contributed by atoms with Crippen molar-refractivity contribution in [3.63, 3.8) is 0 Å². The van der Waals surface area contributed by atoms with E-state index in [1.807, 2.05) is 20.0 Å². The molecule has 0 fully saturated rings. The average Bonchev–Trinajstić information content (AvgIpc) is 1.87. The van der Waals surface area contributed by atoms with E-state index < -0.39 is 0 Å². The first-order valence-corrected chi connectivity index (χ1v) is 3.84. The van der Waals surface area contributed by atoms with Gasteiger partial charge in [0.15, 0.2) is 0 Å². The van der Waals surface area contributed by atoms with E-state index in [1.54, 1.807) is 0 Å². The second-order valence-electron chi connectivity index (χ2n) is 2.58. The van der Waals surface area contributed by atoms with Crippen LogP contribution in [-0.2, 0) is 0 Å². The third-order valence-corrected chi connectivity index (χ3v) is 1.27. The Morgan fingerprint density at radius 3 is 2.64 bits per heavy atom. The smallest absolute Gasteiger partial charge is 0.0196 e. The number of hydrogen-bond donors (Lipinski definition) is 1. The highest BCUT2D eigenvalue weighted by Crippen LogP contribution is 2.00. The monoisotopic (exact) mass is 151 g/mol. The van der Waals surface area contributed by atoms with Crippen LogP contribution < -0.4 is 5.32 Å². The second kappa shape index (κ2) is 5.93. The summed E-state index contributed by atoms with van der Waals surface area (Å²) in [5, 5.41) is 3.05. The Labute approximate surface area is 69.5 Å². The van der Waals surface area contributed by atoms with Crippen molar-refractivity contribution in [2.75, 3.05) is 13.6 Å². The summed E-state index contributed by atoms with van der Waals surface area (Å²) in [6.07, 6.45) is 6.18. The molecule has 1 nitrogen and oxygen atoms in total. The molecule has 0 atom stereocenters. The van der Waals surface area contributed by atoms with Crippen LogP contribution in [0.1, 0.15) is 13.8 Å². The van der Waals surface area contributed by atoms with Crippen molar-refractivity contribution in [3.8, 4) is 0 Å². The van der Waals surface area contributed by atoms with Gasteiger partial charge in [0.05, 0.1) is 0 Å². The minimum atomic E-state index is 0.856. The number of nitrogens with one attached hydrogen (secondary N) is 1. The number of likely N-dealkylation sites (N-methyl/N-ethyl adjacent to an activating group) is 1. The summed E-state index contributed by atoms with van der Waals surface area (Å²) in [4.78, 5) is 0. The van der Waals surface area contributed by atoms with Crippen molar-refractivity contribution in [1.29, 1.82) is 0 Å². The quantitative estimate of drug-likeness (QED) is 0.608. The molecule has 0 aliphatic rings. The van der Waals surface area contributed by atoms with Crippen LogP contribution in [0.3, 0.4) is 0 Å². The maximum atomic E-state index is 3.89. The van der Waals surface area contributed by atoms with Crippen molar-refractivity contribution in [2.24, 2.45) is 0 Å². The van der Waals surface area contributed by atoms with Gasteiger partial charge in [0, 0.05) is 6.54 Å². The summed E-state index contributed by atoms with van der Waals surface area (Å²) in [6.45, 7) is 8.83. The van der Waals surface area contributed by atoms with Gasteiger partial charge in [-0.15, -0.1) is 0 Å². The van der Waals surface area contributed by atoms with Crippen LogP contribution in [0.5, 0.6) is 0 Å². The second-order valence-corrected chi connectivity index (χ2v) is 2.58. The van der Waals surface area contributed by atoms with E-state index in [0.717, 1.165) is 12.1 Å². The van der Waals surface area contributed by atoms with Gasteiger partial charge in [0.1, 0.15) is 0 Å².